The fraction of sp³-hybridized carbons (Fsp3) is 0.409. The topological polar surface area (TPSA) is 97.5 Å². The van der Waals surface area contributed by atoms with E-state index in [-0.39, 0.29) is 12.3 Å². The lowest BCUT2D eigenvalue weighted by atomic mass is 10.0. The molecule has 1 heterocycles. The molecule has 1 amide bonds. The number of amides is 1. The van der Waals surface area contributed by atoms with Crippen molar-refractivity contribution in [3.05, 3.63) is 51.8 Å². The number of benzene rings is 1. The Morgan fingerprint density at radius 1 is 0.966 bits per heavy atom. The van der Waals surface area contributed by atoms with Gasteiger partial charge in [-0.15, -0.1) is 0 Å². The second-order valence-electron chi connectivity index (χ2n) is 6.63. The number of H-pyrrole nitrogens is 1. The first-order valence-electron chi connectivity index (χ1n) is 9.77. The Hall–Kier alpha value is -3.09. The van der Waals surface area contributed by atoms with E-state index >= 15 is 0 Å². The minimum absolute atomic E-state index is 0.140. The Kier molecular flexibility index (Phi) is 7.59. The van der Waals surface area contributed by atoms with Gasteiger partial charge in [0.1, 0.15) is 5.69 Å². The van der Waals surface area contributed by atoms with Gasteiger partial charge in [-0.2, -0.15) is 0 Å². The van der Waals surface area contributed by atoms with Crippen LogP contribution in [0.3, 0.4) is 0 Å². The van der Waals surface area contributed by atoms with E-state index in [4.69, 9.17) is 9.47 Å². The molecule has 0 spiro atoms. The number of ether oxygens (including phenoxy) is 2. The average Bonchev–Trinajstić information content (AvgIpc) is 3.00. The van der Waals surface area contributed by atoms with Gasteiger partial charge >= 0.3 is 11.9 Å². The third-order valence-electron chi connectivity index (χ3n) is 4.72. The fourth-order valence-corrected chi connectivity index (χ4v) is 3.25. The number of hydrogen-bond acceptors (Lipinski definition) is 5. The third-order valence-corrected chi connectivity index (χ3v) is 4.72. The zero-order chi connectivity index (χ0) is 21.6. The number of carbonyl (C=O) groups excluding carboxylic acids is 3. The smallest absolute Gasteiger partial charge is 0.355 e. The number of aromatic amines is 1. The van der Waals surface area contributed by atoms with Crippen LogP contribution in [-0.2, 0) is 27.1 Å². The molecule has 0 bridgehead atoms. The molecule has 29 heavy (non-hydrogen) atoms. The molecule has 1 aromatic carbocycles. The molecular weight excluding hydrogens is 372 g/mol. The van der Waals surface area contributed by atoms with Gasteiger partial charge in [0, 0.05) is 11.4 Å². The third kappa shape index (κ3) is 5.04. The summed E-state index contributed by atoms with van der Waals surface area (Å²) in [5.41, 5.74) is 4.24. The molecule has 2 N–H and O–H groups in total. The monoisotopic (exact) mass is 400 g/mol. The van der Waals surface area contributed by atoms with E-state index in [2.05, 4.69) is 10.3 Å². The van der Waals surface area contributed by atoms with E-state index in [0.29, 0.717) is 16.8 Å². The number of aromatic nitrogens is 1. The Morgan fingerprint density at radius 3 is 2.14 bits per heavy atom. The normalized spacial score (nSPS) is 10.5. The Bertz CT molecular complexity index is 892. The second kappa shape index (κ2) is 9.91. The summed E-state index contributed by atoms with van der Waals surface area (Å²) in [7, 11) is 0. The first-order valence-corrected chi connectivity index (χ1v) is 9.77. The molecule has 0 unspecified atom stereocenters. The molecule has 0 aliphatic carbocycles. The maximum Gasteiger partial charge on any atom is 0.355 e. The predicted molar refractivity (Wildman–Crippen MR) is 110 cm³/mol. The summed E-state index contributed by atoms with van der Waals surface area (Å²) < 4.78 is 10.2. The molecule has 0 radical (unpaired) electrons. The summed E-state index contributed by atoms with van der Waals surface area (Å²) >= 11 is 0. The van der Waals surface area contributed by atoms with Crippen molar-refractivity contribution in [3.63, 3.8) is 0 Å². The van der Waals surface area contributed by atoms with Crippen LogP contribution in [0.4, 0.5) is 5.69 Å². The van der Waals surface area contributed by atoms with Crippen molar-refractivity contribution in [1.82, 2.24) is 4.98 Å². The lowest BCUT2D eigenvalue weighted by molar-refractivity contribution is -0.119. The molecule has 2 rings (SSSR count). The van der Waals surface area contributed by atoms with Gasteiger partial charge in [0.25, 0.3) is 5.91 Å². The van der Waals surface area contributed by atoms with Gasteiger partial charge in [-0.05, 0) is 50.3 Å². The summed E-state index contributed by atoms with van der Waals surface area (Å²) in [6, 6.07) is 5.89. The van der Waals surface area contributed by atoms with Crippen molar-refractivity contribution < 1.29 is 23.9 Å². The molecule has 156 valence electrons. The first-order chi connectivity index (χ1) is 13.8. The summed E-state index contributed by atoms with van der Waals surface area (Å²) in [5, 5.41) is 2.85. The van der Waals surface area contributed by atoms with Crippen molar-refractivity contribution in [3.8, 4) is 0 Å². The van der Waals surface area contributed by atoms with Gasteiger partial charge in [-0.3, -0.25) is 4.79 Å². The summed E-state index contributed by atoms with van der Waals surface area (Å²) in [6.45, 7) is 8.87. The fourth-order valence-electron chi connectivity index (χ4n) is 3.25. The highest BCUT2D eigenvalue weighted by Crippen LogP contribution is 2.23. The van der Waals surface area contributed by atoms with E-state index in [1.54, 1.807) is 20.8 Å². The van der Waals surface area contributed by atoms with Crippen LogP contribution in [0, 0.1) is 13.8 Å². The molecule has 0 aliphatic rings. The molecule has 0 fully saturated rings. The predicted octanol–water partition coefficient (Wildman–Crippen LogP) is 3.73. The number of rotatable bonds is 8. The summed E-state index contributed by atoms with van der Waals surface area (Å²) in [5.74, 6) is -1.62. The Labute approximate surface area is 170 Å². The minimum atomic E-state index is -0.698. The van der Waals surface area contributed by atoms with Crippen molar-refractivity contribution >= 4 is 23.5 Å². The molecular formula is C22H28N2O5. The van der Waals surface area contributed by atoms with Gasteiger partial charge in [-0.1, -0.05) is 32.0 Å². The molecule has 7 nitrogen and oxygen atoms in total. The van der Waals surface area contributed by atoms with Crippen molar-refractivity contribution in [2.45, 2.75) is 47.5 Å². The SMILES string of the molecule is CCOC(=O)c1c(C)[nH]c(C(=O)OCC(=O)Nc2c(CC)cccc2CC)c1C. The van der Waals surface area contributed by atoms with E-state index in [9.17, 15) is 14.4 Å². The van der Waals surface area contributed by atoms with Crippen molar-refractivity contribution in [2.75, 3.05) is 18.5 Å². The van der Waals surface area contributed by atoms with Crippen LogP contribution in [-0.4, -0.2) is 36.0 Å². The number of aryl methyl sites for hydroxylation is 3. The zero-order valence-electron chi connectivity index (χ0n) is 17.6. The van der Waals surface area contributed by atoms with Gasteiger partial charge in [-0.25, -0.2) is 9.59 Å². The van der Waals surface area contributed by atoms with Crippen LogP contribution in [0.2, 0.25) is 0 Å². The van der Waals surface area contributed by atoms with Crippen LogP contribution in [0.1, 0.15) is 64.0 Å². The van der Waals surface area contributed by atoms with E-state index in [1.165, 1.54) is 0 Å². The van der Waals surface area contributed by atoms with Gasteiger partial charge in [0.15, 0.2) is 6.61 Å². The molecule has 2 aromatic rings. The molecule has 0 aliphatic heterocycles. The summed E-state index contributed by atoms with van der Waals surface area (Å²) in [4.78, 5) is 39.7. The van der Waals surface area contributed by atoms with Gasteiger partial charge in [0.05, 0.1) is 12.2 Å². The molecule has 0 saturated carbocycles. The highest BCUT2D eigenvalue weighted by atomic mass is 16.5. The largest absolute Gasteiger partial charge is 0.462 e. The van der Waals surface area contributed by atoms with Gasteiger partial charge in [0.2, 0.25) is 0 Å². The maximum atomic E-state index is 12.4. The first kappa shape index (κ1) is 22.2. The Morgan fingerprint density at radius 2 is 1.59 bits per heavy atom. The van der Waals surface area contributed by atoms with Crippen LogP contribution in [0.15, 0.2) is 18.2 Å². The lowest BCUT2D eigenvalue weighted by Crippen LogP contribution is -2.22. The number of anilines is 1. The average molecular weight is 400 g/mol. The molecule has 0 atom stereocenters. The lowest BCUT2D eigenvalue weighted by Gasteiger charge is -2.14. The molecule has 1 aromatic heterocycles. The Balaban J connectivity index is 2.08. The maximum absolute atomic E-state index is 12.4. The van der Waals surface area contributed by atoms with E-state index in [0.717, 1.165) is 29.7 Å². The zero-order valence-corrected chi connectivity index (χ0v) is 17.6. The number of nitrogens with one attached hydrogen (secondary N) is 2. The quantitative estimate of drug-likeness (QED) is 0.658. The standard InChI is InChI=1S/C22H28N2O5/c1-6-15-10-9-11-16(7-2)20(15)24-17(25)12-29-22(27)19-13(4)18(14(5)23-19)21(26)28-8-3/h9-11,23H,6-8,12H2,1-5H3,(H,24,25). The van der Waals surface area contributed by atoms with Crippen LogP contribution >= 0.6 is 0 Å². The highest BCUT2D eigenvalue weighted by Gasteiger charge is 2.24. The van der Waals surface area contributed by atoms with E-state index < -0.39 is 24.5 Å². The number of para-hydroxylation sites is 1. The highest BCUT2D eigenvalue weighted by molar-refractivity contribution is 6.00. The van der Waals surface area contributed by atoms with Crippen LogP contribution in [0.25, 0.3) is 0 Å². The van der Waals surface area contributed by atoms with Crippen LogP contribution < -0.4 is 5.32 Å². The second-order valence-corrected chi connectivity index (χ2v) is 6.63. The molecule has 0 saturated heterocycles. The minimum Gasteiger partial charge on any atom is -0.462 e. The van der Waals surface area contributed by atoms with Gasteiger partial charge < -0.3 is 19.8 Å². The van der Waals surface area contributed by atoms with Crippen LogP contribution in [0.5, 0.6) is 0 Å². The van der Waals surface area contributed by atoms with Crippen molar-refractivity contribution in [2.24, 2.45) is 0 Å². The number of esters is 2. The van der Waals surface area contributed by atoms with E-state index in [1.807, 2.05) is 32.0 Å². The van der Waals surface area contributed by atoms with Crippen molar-refractivity contribution in [1.29, 1.82) is 0 Å². The number of hydrogen-bond donors (Lipinski definition) is 2. The summed E-state index contributed by atoms with van der Waals surface area (Å²) in [6.07, 6.45) is 1.56. The number of carbonyl (C=O) groups is 3. The molecule has 7 heteroatoms.